The van der Waals surface area contributed by atoms with Gasteiger partial charge in [0.2, 0.25) is 0 Å². The molecule has 0 unspecified atom stereocenters. The van der Waals surface area contributed by atoms with Gasteiger partial charge in [0.15, 0.2) is 0 Å². The number of hydrogen-bond acceptors (Lipinski definition) is 7. The van der Waals surface area contributed by atoms with Crippen LogP contribution in [0.5, 0.6) is 0 Å². The molecular formula is C28H30N6O2. The molecule has 3 N–H and O–H groups in total. The molecule has 1 saturated heterocycles. The number of ether oxygens (including phenoxy) is 1. The Morgan fingerprint density at radius 3 is 2.81 bits per heavy atom. The van der Waals surface area contributed by atoms with E-state index in [2.05, 4.69) is 42.7 Å². The van der Waals surface area contributed by atoms with Gasteiger partial charge in [0, 0.05) is 42.2 Å². The highest BCUT2D eigenvalue weighted by Gasteiger charge is 2.36. The first-order valence-electron chi connectivity index (χ1n) is 12.6. The number of aryl methyl sites for hydroxylation is 1. The van der Waals surface area contributed by atoms with Crippen molar-refractivity contribution in [2.45, 2.75) is 19.8 Å². The van der Waals surface area contributed by atoms with Crippen molar-refractivity contribution in [3.05, 3.63) is 60.7 Å². The zero-order valence-corrected chi connectivity index (χ0v) is 20.3. The molecular weight excluding hydrogens is 452 g/mol. The van der Waals surface area contributed by atoms with Gasteiger partial charge in [0.05, 0.1) is 53.3 Å². The summed E-state index contributed by atoms with van der Waals surface area (Å²) in [5, 5.41) is 7.76. The SMILES string of the molecule is Cc1cccc(-c2[nH]cnc2-c2ccc3ncc(NCC4CC(C(=O)OCC5CNC5)C4)cc3c2)n1. The molecule has 4 heterocycles. The number of aromatic amines is 1. The summed E-state index contributed by atoms with van der Waals surface area (Å²) in [4.78, 5) is 29.3. The molecule has 2 aliphatic rings. The zero-order chi connectivity index (χ0) is 24.5. The van der Waals surface area contributed by atoms with E-state index in [1.54, 1.807) is 6.33 Å². The van der Waals surface area contributed by atoms with E-state index in [0.717, 1.165) is 77.4 Å². The van der Waals surface area contributed by atoms with Crippen molar-refractivity contribution in [3.63, 3.8) is 0 Å². The fraction of sp³-hybridized carbons (Fsp3) is 0.357. The molecule has 0 spiro atoms. The first kappa shape index (κ1) is 22.7. The Kier molecular flexibility index (Phi) is 6.11. The van der Waals surface area contributed by atoms with Crippen LogP contribution in [-0.4, -0.2) is 52.1 Å². The number of fused-ring (bicyclic) bond motifs is 1. The fourth-order valence-electron chi connectivity index (χ4n) is 4.91. The lowest BCUT2D eigenvalue weighted by Crippen LogP contribution is -2.45. The Morgan fingerprint density at radius 1 is 1.11 bits per heavy atom. The van der Waals surface area contributed by atoms with Crippen LogP contribution in [0.2, 0.25) is 0 Å². The molecule has 4 aromatic rings. The molecule has 0 amide bonds. The second-order valence-electron chi connectivity index (χ2n) is 9.99. The largest absolute Gasteiger partial charge is 0.465 e. The molecule has 1 aliphatic carbocycles. The average molecular weight is 483 g/mol. The maximum absolute atomic E-state index is 12.2. The summed E-state index contributed by atoms with van der Waals surface area (Å²) in [6.45, 7) is 5.28. The maximum Gasteiger partial charge on any atom is 0.308 e. The zero-order valence-electron chi connectivity index (χ0n) is 20.3. The van der Waals surface area contributed by atoms with Gasteiger partial charge in [-0.15, -0.1) is 0 Å². The number of carbonyl (C=O) groups is 1. The van der Waals surface area contributed by atoms with Crippen molar-refractivity contribution in [2.75, 3.05) is 31.6 Å². The minimum Gasteiger partial charge on any atom is -0.465 e. The van der Waals surface area contributed by atoms with E-state index in [-0.39, 0.29) is 11.9 Å². The highest BCUT2D eigenvalue weighted by Crippen LogP contribution is 2.35. The van der Waals surface area contributed by atoms with Crippen LogP contribution in [0, 0.1) is 24.7 Å². The quantitative estimate of drug-likeness (QED) is 0.323. The molecule has 1 saturated carbocycles. The minimum atomic E-state index is -0.0309. The smallest absolute Gasteiger partial charge is 0.308 e. The molecule has 8 heteroatoms. The van der Waals surface area contributed by atoms with Gasteiger partial charge in [-0.25, -0.2) is 4.98 Å². The topological polar surface area (TPSA) is 105 Å². The van der Waals surface area contributed by atoms with Gasteiger partial charge in [0.1, 0.15) is 0 Å². The summed E-state index contributed by atoms with van der Waals surface area (Å²) < 4.78 is 5.47. The van der Waals surface area contributed by atoms with Crippen molar-refractivity contribution in [1.29, 1.82) is 0 Å². The normalized spacial score (nSPS) is 19.5. The fourth-order valence-corrected chi connectivity index (χ4v) is 4.91. The van der Waals surface area contributed by atoms with Crippen LogP contribution in [0.4, 0.5) is 5.69 Å². The number of esters is 1. The predicted molar refractivity (Wildman–Crippen MR) is 139 cm³/mol. The summed E-state index contributed by atoms with van der Waals surface area (Å²) in [6, 6.07) is 14.3. The summed E-state index contributed by atoms with van der Waals surface area (Å²) >= 11 is 0. The third kappa shape index (κ3) is 4.68. The Bertz CT molecular complexity index is 1390. The van der Waals surface area contributed by atoms with Gasteiger partial charge in [-0.2, -0.15) is 0 Å². The Labute approximate surface area is 209 Å². The monoisotopic (exact) mass is 482 g/mol. The van der Waals surface area contributed by atoms with Gasteiger partial charge in [-0.1, -0.05) is 12.1 Å². The molecule has 0 bridgehead atoms. The molecule has 36 heavy (non-hydrogen) atoms. The highest BCUT2D eigenvalue weighted by atomic mass is 16.5. The second-order valence-corrected chi connectivity index (χ2v) is 9.99. The number of rotatable bonds is 8. The molecule has 8 nitrogen and oxygen atoms in total. The number of pyridine rings is 2. The number of benzene rings is 1. The van der Waals surface area contributed by atoms with Gasteiger partial charge in [0.25, 0.3) is 0 Å². The molecule has 0 atom stereocenters. The lowest BCUT2D eigenvalue weighted by molar-refractivity contribution is -0.155. The van der Waals surface area contributed by atoms with Gasteiger partial charge in [-0.05, 0) is 56.0 Å². The van der Waals surface area contributed by atoms with Crippen LogP contribution in [0.25, 0.3) is 33.5 Å². The van der Waals surface area contributed by atoms with Crippen molar-refractivity contribution in [2.24, 2.45) is 17.8 Å². The van der Waals surface area contributed by atoms with Crippen LogP contribution in [0.1, 0.15) is 18.5 Å². The summed E-state index contributed by atoms with van der Waals surface area (Å²) in [5.41, 5.74) is 6.54. The third-order valence-electron chi connectivity index (χ3n) is 7.23. The van der Waals surface area contributed by atoms with Crippen LogP contribution in [0.15, 0.2) is 55.0 Å². The number of H-pyrrole nitrogens is 1. The Balaban J connectivity index is 1.10. The van der Waals surface area contributed by atoms with Crippen LogP contribution in [0.3, 0.4) is 0 Å². The van der Waals surface area contributed by atoms with E-state index in [1.807, 2.05) is 43.5 Å². The van der Waals surface area contributed by atoms with Crippen molar-refractivity contribution in [1.82, 2.24) is 25.3 Å². The third-order valence-corrected chi connectivity index (χ3v) is 7.23. The molecule has 3 aromatic heterocycles. The van der Waals surface area contributed by atoms with Gasteiger partial charge >= 0.3 is 5.97 Å². The predicted octanol–water partition coefficient (Wildman–Crippen LogP) is 4.20. The van der Waals surface area contributed by atoms with E-state index in [1.165, 1.54) is 0 Å². The van der Waals surface area contributed by atoms with E-state index in [0.29, 0.717) is 18.4 Å². The van der Waals surface area contributed by atoms with E-state index < -0.39 is 0 Å². The van der Waals surface area contributed by atoms with E-state index in [9.17, 15) is 4.79 Å². The van der Waals surface area contributed by atoms with E-state index >= 15 is 0 Å². The number of carbonyl (C=O) groups excluding carboxylic acids is 1. The van der Waals surface area contributed by atoms with Crippen molar-refractivity contribution in [3.8, 4) is 22.6 Å². The van der Waals surface area contributed by atoms with Gasteiger partial charge < -0.3 is 20.4 Å². The van der Waals surface area contributed by atoms with Crippen molar-refractivity contribution >= 4 is 22.6 Å². The van der Waals surface area contributed by atoms with Gasteiger partial charge in [-0.3, -0.25) is 14.8 Å². The highest BCUT2D eigenvalue weighted by molar-refractivity contribution is 5.88. The lowest BCUT2D eigenvalue weighted by atomic mass is 9.75. The van der Waals surface area contributed by atoms with E-state index in [4.69, 9.17) is 4.74 Å². The Hall–Kier alpha value is -3.78. The first-order chi connectivity index (χ1) is 17.6. The maximum atomic E-state index is 12.2. The Morgan fingerprint density at radius 2 is 2.00 bits per heavy atom. The summed E-state index contributed by atoms with van der Waals surface area (Å²) in [7, 11) is 0. The lowest BCUT2D eigenvalue weighted by Gasteiger charge is -2.34. The second kappa shape index (κ2) is 9.70. The first-order valence-corrected chi connectivity index (χ1v) is 12.6. The molecule has 0 radical (unpaired) electrons. The number of aromatic nitrogens is 4. The number of nitrogens with zero attached hydrogens (tertiary/aromatic N) is 3. The number of hydrogen-bond donors (Lipinski definition) is 3. The van der Waals surface area contributed by atoms with Crippen LogP contribution >= 0.6 is 0 Å². The standard InChI is InChI=1S/C28H30N6O2/c1-17-3-2-4-25(34-17)27-26(32-16-33-27)20-5-6-24-21(9-20)10-23(14-31-24)30-13-18-7-22(8-18)28(35)36-15-19-11-29-12-19/h2-6,9-10,14,16,18-19,22,29-30H,7-8,11-13,15H2,1H3,(H,32,33). The number of nitrogens with one attached hydrogen (secondary N) is 3. The molecule has 2 fully saturated rings. The minimum absolute atomic E-state index is 0.0309. The molecule has 184 valence electrons. The molecule has 1 aromatic carbocycles. The number of imidazole rings is 1. The molecule has 1 aliphatic heterocycles. The summed E-state index contributed by atoms with van der Waals surface area (Å²) in [5.74, 6) is 0.985. The van der Waals surface area contributed by atoms with Crippen molar-refractivity contribution < 1.29 is 9.53 Å². The van der Waals surface area contributed by atoms with Crippen LogP contribution < -0.4 is 10.6 Å². The number of anilines is 1. The average Bonchev–Trinajstić information content (AvgIpc) is 3.32. The molecule has 6 rings (SSSR count). The van der Waals surface area contributed by atoms with Crippen LogP contribution in [-0.2, 0) is 9.53 Å². The summed E-state index contributed by atoms with van der Waals surface area (Å²) in [6.07, 6.45) is 5.35.